The summed E-state index contributed by atoms with van der Waals surface area (Å²) in [4.78, 5) is 12.8. The number of halogens is 2. The Morgan fingerprint density at radius 3 is 2.08 bits per heavy atom. The summed E-state index contributed by atoms with van der Waals surface area (Å²) in [6.45, 7) is 13.7. The third-order valence-corrected chi connectivity index (χ3v) is 9.84. The van der Waals surface area contributed by atoms with Gasteiger partial charge in [-0.25, -0.2) is 0 Å². The van der Waals surface area contributed by atoms with Gasteiger partial charge in [0.05, 0.1) is 5.91 Å². The number of hydrogen-bond donors (Lipinski definition) is 0. The molecule has 0 heterocycles. The van der Waals surface area contributed by atoms with Crippen molar-refractivity contribution in [2.75, 3.05) is 0 Å². The van der Waals surface area contributed by atoms with Gasteiger partial charge in [0, 0.05) is 14.2 Å². The van der Waals surface area contributed by atoms with Gasteiger partial charge < -0.3 is 35.3 Å². The zero-order valence-electron chi connectivity index (χ0n) is 16.2. The SMILES string of the molecule is CC1=C(C)C(C)C(C2(C([NH-])=O)C3CCC(C3)C2[SiH](C)C)=C1C.[Cl-].[Cl-].[Ti+3]. The Morgan fingerprint density at radius 2 is 1.68 bits per heavy atom. The van der Waals surface area contributed by atoms with E-state index in [9.17, 15) is 4.79 Å². The quantitative estimate of drug-likeness (QED) is 0.533. The van der Waals surface area contributed by atoms with Crippen molar-refractivity contribution in [1.29, 1.82) is 0 Å². The molecule has 1 N–H and O–H groups in total. The Morgan fingerprint density at radius 1 is 1.12 bits per heavy atom. The molecule has 5 unspecified atom stereocenters. The van der Waals surface area contributed by atoms with E-state index < -0.39 is 14.2 Å². The predicted molar refractivity (Wildman–Crippen MR) is 95.5 cm³/mol. The van der Waals surface area contributed by atoms with Gasteiger partial charge in [0.25, 0.3) is 0 Å². The van der Waals surface area contributed by atoms with Crippen LogP contribution in [0.1, 0.15) is 47.0 Å². The molecule has 0 spiro atoms. The molecule has 2 saturated carbocycles. The summed E-state index contributed by atoms with van der Waals surface area (Å²) in [5.41, 5.74) is 13.8. The van der Waals surface area contributed by atoms with Crippen molar-refractivity contribution in [3.63, 3.8) is 0 Å². The maximum atomic E-state index is 12.8. The van der Waals surface area contributed by atoms with Crippen LogP contribution in [0.2, 0.25) is 18.6 Å². The van der Waals surface area contributed by atoms with Crippen LogP contribution in [0.4, 0.5) is 0 Å². The molecule has 0 aromatic rings. The second kappa shape index (κ2) is 8.65. The van der Waals surface area contributed by atoms with Crippen molar-refractivity contribution in [1.82, 2.24) is 0 Å². The zero-order chi connectivity index (χ0) is 16.4. The molecule has 6 heteroatoms. The van der Waals surface area contributed by atoms with E-state index in [-0.39, 0.29) is 52.4 Å². The minimum absolute atomic E-state index is 0. The van der Waals surface area contributed by atoms with E-state index in [0.29, 0.717) is 23.3 Å². The second-order valence-electron chi connectivity index (χ2n) is 8.31. The molecule has 25 heavy (non-hydrogen) atoms. The zero-order valence-corrected chi connectivity index (χ0v) is 20.4. The van der Waals surface area contributed by atoms with Gasteiger partial charge in [-0.1, -0.05) is 32.0 Å². The smallest absolute Gasteiger partial charge is 1.00 e. The predicted octanol–water partition coefficient (Wildman–Crippen LogP) is -0.853. The molecule has 3 aliphatic carbocycles. The molecule has 2 nitrogen and oxygen atoms in total. The minimum Gasteiger partial charge on any atom is -1.00 e. The van der Waals surface area contributed by atoms with Crippen molar-refractivity contribution in [3.8, 4) is 0 Å². The number of amides is 1. The van der Waals surface area contributed by atoms with Gasteiger partial charge in [0.15, 0.2) is 0 Å². The first-order chi connectivity index (χ1) is 10.2. The molecular formula is C19H30Cl2NOSiTi. The van der Waals surface area contributed by atoms with E-state index in [4.69, 9.17) is 5.73 Å². The molecule has 5 atom stereocenters. The van der Waals surface area contributed by atoms with E-state index in [0.717, 1.165) is 6.42 Å². The number of rotatable bonds is 3. The summed E-state index contributed by atoms with van der Waals surface area (Å²) < 4.78 is 0. The van der Waals surface area contributed by atoms with Gasteiger partial charge >= 0.3 is 21.7 Å². The van der Waals surface area contributed by atoms with E-state index in [2.05, 4.69) is 40.8 Å². The Bertz CT molecular complexity index is 604. The molecule has 0 aliphatic heterocycles. The monoisotopic (exact) mass is 434 g/mol. The van der Waals surface area contributed by atoms with Crippen LogP contribution < -0.4 is 24.8 Å². The minimum atomic E-state index is -0.994. The van der Waals surface area contributed by atoms with Gasteiger partial charge in [0.2, 0.25) is 0 Å². The van der Waals surface area contributed by atoms with Crippen molar-refractivity contribution < 1.29 is 51.3 Å². The Balaban J connectivity index is 0.00000192. The molecule has 3 rings (SSSR count). The van der Waals surface area contributed by atoms with Crippen molar-refractivity contribution in [2.45, 2.75) is 65.6 Å². The number of carbonyl (C=O) groups is 1. The number of nitrogens with one attached hydrogen (secondary N) is 1. The fourth-order valence-corrected chi connectivity index (χ4v) is 9.45. The summed E-state index contributed by atoms with van der Waals surface area (Å²) in [6, 6.07) is 0. The third-order valence-electron chi connectivity index (χ3n) is 7.33. The van der Waals surface area contributed by atoms with E-state index >= 15 is 0 Å². The maximum absolute atomic E-state index is 12.8. The summed E-state index contributed by atoms with van der Waals surface area (Å²) in [5.74, 6) is 1.23. The first-order valence-corrected chi connectivity index (χ1v) is 11.9. The van der Waals surface area contributed by atoms with Gasteiger partial charge in [-0.2, -0.15) is 0 Å². The first kappa shape index (κ1) is 25.5. The number of carbonyl (C=O) groups excluding carboxylic acids is 1. The van der Waals surface area contributed by atoms with Crippen molar-refractivity contribution >= 4 is 14.7 Å². The van der Waals surface area contributed by atoms with Gasteiger partial charge in [-0.05, 0) is 73.6 Å². The van der Waals surface area contributed by atoms with Gasteiger partial charge in [-0.3, -0.25) is 0 Å². The molecule has 0 saturated heterocycles. The molecule has 2 bridgehead atoms. The number of fused-ring (bicyclic) bond motifs is 2. The fourth-order valence-electron chi connectivity index (χ4n) is 6.36. The van der Waals surface area contributed by atoms with Crippen LogP contribution in [0.25, 0.3) is 5.73 Å². The van der Waals surface area contributed by atoms with Gasteiger partial charge in [0.1, 0.15) is 0 Å². The second-order valence-corrected chi connectivity index (χ2v) is 11.5. The molecule has 0 aromatic carbocycles. The van der Waals surface area contributed by atoms with Crippen LogP contribution in [0.15, 0.2) is 22.3 Å². The van der Waals surface area contributed by atoms with Crippen LogP contribution in [-0.4, -0.2) is 14.7 Å². The first-order valence-electron chi connectivity index (χ1n) is 8.89. The van der Waals surface area contributed by atoms with Crippen LogP contribution in [0.5, 0.6) is 0 Å². The molecular weight excluding hydrogens is 405 g/mol. The topological polar surface area (TPSA) is 40.9 Å². The fraction of sp³-hybridized carbons (Fsp3) is 0.737. The van der Waals surface area contributed by atoms with E-state index in [1.54, 1.807) is 0 Å². The normalized spacial score (nSPS) is 36.3. The molecule has 3 aliphatic rings. The molecule has 139 valence electrons. The van der Waals surface area contributed by atoms with E-state index in [1.807, 2.05) is 0 Å². The molecule has 1 amide bonds. The Hall–Kier alpha value is 0.461. The molecule has 0 aromatic heterocycles. The van der Waals surface area contributed by atoms with Crippen LogP contribution in [-0.2, 0) is 26.5 Å². The van der Waals surface area contributed by atoms with Crippen LogP contribution in [0, 0.1) is 23.2 Å². The Kier molecular flexibility index (Phi) is 8.81. The summed E-state index contributed by atoms with van der Waals surface area (Å²) in [5, 5.41) is 0. The van der Waals surface area contributed by atoms with E-state index in [1.165, 1.54) is 35.1 Å². The van der Waals surface area contributed by atoms with Crippen LogP contribution >= 0.6 is 0 Å². The molecule has 1 radical (unpaired) electrons. The van der Waals surface area contributed by atoms with Crippen molar-refractivity contribution in [3.05, 3.63) is 28.0 Å². The molecule has 2 fully saturated rings. The summed E-state index contributed by atoms with van der Waals surface area (Å²) in [7, 11) is -0.994. The number of allylic oxidation sites excluding steroid dienone is 3. The Labute approximate surface area is 182 Å². The van der Waals surface area contributed by atoms with Crippen molar-refractivity contribution in [2.24, 2.45) is 23.2 Å². The largest absolute Gasteiger partial charge is 3.00 e. The van der Waals surface area contributed by atoms with Gasteiger partial charge in [-0.15, -0.1) is 0 Å². The maximum Gasteiger partial charge on any atom is 3.00 e. The average molecular weight is 435 g/mol. The third kappa shape index (κ3) is 3.27. The van der Waals surface area contributed by atoms with Crippen LogP contribution in [0.3, 0.4) is 0 Å². The number of hydrogen-bond acceptors (Lipinski definition) is 1. The average Bonchev–Trinajstić information content (AvgIpc) is 3.08. The summed E-state index contributed by atoms with van der Waals surface area (Å²) >= 11 is 0. The summed E-state index contributed by atoms with van der Waals surface area (Å²) in [6.07, 6.45) is 3.65. The standard InChI is InChI=1S/C19H31NOSi.2ClH.Ti/c1-10-11(2)13(4)16(12(10)3)19(18(20)21)15-8-7-14(9-15)17(19)22(5)6;;;/h12,14-15,17,22H,7-9H2,1-6H3,(H2,20,21);2*1H;/q;;;+3/p-3.